The number of rotatable bonds is 9. The predicted molar refractivity (Wildman–Crippen MR) is 92.3 cm³/mol. The number of hydrogen-bond acceptors (Lipinski definition) is 2. The first-order valence-electron chi connectivity index (χ1n) is 7.67. The summed E-state index contributed by atoms with van der Waals surface area (Å²) in [5.41, 5.74) is 1.40. The molecule has 1 atom stereocenters. The highest BCUT2D eigenvalue weighted by atomic mass is 79.9. The first-order valence-corrected chi connectivity index (χ1v) is 8.46. The monoisotopic (exact) mass is 340 g/mol. The number of hydrogen-bond donors (Lipinski definition) is 1. The molecule has 0 aliphatic carbocycles. The van der Waals surface area contributed by atoms with Gasteiger partial charge in [0.1, 0.15) is 0 Å². The van der Waals surface area contributed by atoms with E-state index in [-0.39, 0.29) is 0 Å². The fourth-order valence-electron chi connectivity index (χ4n) is 2.14. The highest BCUT2D eigenvalue weighted by Gasteiger charge is 2.04. The molecule has 0 bridgehead atoms. The van der Waals surface area contributed by atoms with Gasteiger partial charge >= 0.3 is 0 Å². The Kier molecular flexibility index (Phi) is 8.43. The lowest BCUT2D eigenvalue weighted by atomic mass is 10.1. The van der Waals surface area contributed by atoms with Gasteiger partial charge in [-0.15, -0.1) is 0 Å². The van der Waals surface area contributed by atoms with E-state index in [0.29, 0.717) is 12.1 Å². The molecule has 0 fully saturated rings. The maximum Gasteiger partial charge on any atom is 0.0175 e. The van der Waals surface area contributed by atoms with Crippen molar-refractivity contribution in [2.45, 2.75) is 52.1 Å². The maximum absolute atomic E-state index is 3.62. The highest BCUT2D eigenvalue weighted by molar-refractivity contribution is 9.10. The van der Waals surface area contributed by atoms with Crippen LogP contribution in [0.4, 0.5) is 0 Å². The summed E-state index contributed by atoms with van der Waals surface area (Å²) >= 11 is 3.47. The third-order valence-corrected chi connectivity index (χ3v) is 4.30. The molecule has 3 heteroatoms. The van der Waals surface area contributed by atoms with Crippen LogP contribution in [0.3, 0.4) is 0 Å². The van der Waals surface area contributed by atoms with Crippen LogP contribution < -0.4 is 5.32 Å². The van der Waals surface area contributed by atoms with Crippen molar-refractivity contribution in [3.05, 3.63) is 34.3 Å². The van der Waals surface area contributed by atoms with Gasteiger partial charge in [-0.1, -0.05) is 28.1 Å². The van der Waals surface area contributed by atoms with E-state index in [2.05, 4.69) is 78.2 Å². The van der Waals surface area contributed by atoms with Crippen molar-refractivity contribution in [1.82, 2.24) is 10.2 Å². The second-order valence-corrected chi connectivity index (χ2v) is 6.88. The zero-order valence-corrected chi connectivity index (χ0v) is 14.9. The third kappa shape index (κ3) is 7.41. The minimum absolute atomic E-state index is 0.541. The summed E-state index contributed by atoms with van der Waals surface area (Å²) in [6.45, 7) is 9.07. The van der Waals surface area contributed by atoms with E-state index >= 15 is 0 Å². The topological polar surface area (TPSA) is 15.3 Å². The number of halogens is 1. The van der Waals surface area contributed by atoms with Gasteiger partial charge in [0, 0.05) is 16.6 Å². The van der Waals surface area contributed by atoms with Crippen molar-refractivity contribution in [1.29, 1.82) is 0 Å². The van der Waals surface area contributed by atoms with E-state index in [4.69, 9.17) is 0 Å². The largest absolute Gasteiger partial charge is 0.314 e. The molecule has 0 heterocycles. The summed E-state index contributed by atoms with van der Waals surface area (Å²) in [6.07, 6.45) is 3.62. The summed E-state index contributed by atoms with van der Waals surface area (Å²) in [5.74, 6) is 0. The van der Waals surface area contributed by atoms with Crippen LogP contribution in [0.15, 0.2) is 28.7 Å². The lowest BCUT2D eigenvalue weighted by Gasteiger charge is -2.21. The normalized spacial score (nSPS) is 13.2. The molecule has 1 unspecified atom stereocenters. The van der Waals surface area contributed by atoms with Crippen LogP contribution in [0, 0.1) is 0 Å². The van der Waals surface area contributed by atoms with E-state index in [1.54, 1.807) is 0 Å². The summed E-state index contributed by atoms with van der Waals surface area (Å²) in [5, 5.41) is 3.62. The molecular weight excluding hydrogens is 312 g/mol. The van der Waals surface area contributed by atoms with Crippen molar-refractivity contribution >= 4 is 15.9 Å². The molecule has 2 nitrogen and oxygen atoms in total. The van der Waals surface area contributed by atoms with Crippen molar-refractivity contribution in [3.63, 3.8) is 0 Å². The third-order valence-electron chi connectivity index (χ3n) is 3.77. The van der Waals surface area contributed by atoms with Crippen LogP contribution in [0.25, 0.3) is 0 Å². The van der Waals surface area contributed by atoms with E-state index < -0.39 is 0 Å². The van der Waals surface area contributed by atoms with Gasteiger partial charge in [-0.25, -0.2) is 0 Å². The molecule has 0 aromatic heterocycles. The highest BCUT2D eigenvalue weighted by Crippen LogP contribution is 2.11. The first-order chi connectivity index (χ1) is 9.49. The lowest BCUT2D eigenvalue weighted by molar-refractivity contribution is 0.267. The number of nitrogens with one attached hydrogen (secondary N) is 1. The Hall–Kier alpha value is -0.380. The molecule has 1 aromatic rings. The molecule has 0 spiro atoms. The Bertz CT molecular complexity index is 362. The molecule has 0 amide bonds. The predicted octanol–water partition coefficient (Wildman–Crippen LogP) is 4.09. The summed E-state index contributed by atoms with van der Waals surface area (Å²) in [7, 11) is 2.20. The van der Waals surface area contributed by atoms with Crippen LogP contribution in [0.5, 0.6) is 0 Å². The van der Waals surface area contributed by atoms with Gasteiger partial charge in [0.15, 0.2) is 0 Å². The van der Waals surface area contributed by atoms with Crippen molar-refractivity contribution in [2.75, 3.05) is 20.1 Å². The molecule has 20 heavy (non-hydrogen) atoms. The van der Waals surface area contributed by atoms with Crippen LogP contribution >= 0.6 is 15.9 Å². The van der Waals surface area contributed by atoms with Gasteiger partial charge < -0.3 is 10.2 Å². The van der Waals surface area contributed by atoms with E-state index in [1.807, 2.05) is 0 Å². The fraction of sp³-hybridized carbons (Fsp3) is 0.647. The van der Waals surface area contributed by atoms with Gasteiger partial charge in [0.2, 0.25) is 0 Å². The van der Waals surface area contributed by atoms with E-state index in [9.17, 15) is 0 Å². The van der Waals surface area contributed by atoms with Gasteiger partial charge in [0.25, 0.3) is 0 Å². The van der Waals surface area contributed by atoms with Crippen LogP contribution in [-0.2, 0) is 6.42 Å². The Morgan fingerprint density at radius 2 is 1.75 bits per heavy atom. The molecule has 1 rings (SSSR count). The molecule has 114 valence electrons. The smallest absolute Gasteiger partial charge is 0.0175 e. The Morgan fingerprint density at radius 1 is 1.10 bits per heavy atom. The minimum Gasteiger partial charge on any atom is -0.314 e. The number of unbranched alkanes of at least 4 members (excludes halogenated alkanes) is 1. The zero-order chi connectivity index (χ0) is 15.0. The Morgan fingerprint density at radius 3 is 2.35 bits per heavy atom. The molecule has 0 aliphatic heterocycles. The average Bonchev–Trinajstić information content (AvgIpc) is 2.40. The zero-order valence-electron chi connectivity index (χ0n) is 13.3. The van der Waals surface area contributed by atoms with Crippen molar-refractivity contribution in [3.8, 4) is 0 Å². The molecule has 1 N–H and O–H groups in total. The number of benzene rings is 1. The van der Waals surface area contributed by atoms with Crippen LogP contribution in [-0.4, -0.2) is 37.1 Å². The fourth-order valence-corrected chi connectivity index (χ4v) is 2.40. The average molecular weight is 341 g/mol. The lowest BCUT2D eigenvalue weighted by Crippen LogP contribution is -2.30. The summed E-state index contributed by atoms with van der Waals surface area (Å²) < 4.78 is 1.15. The quantitative estimate of drug-likeness (QED) is 0.681. The van der Waals surface area contributed by atoms with Gasteiger partial charge in [0.05, 0.1) is 0 Å². The Balaban J connectivity index is 2.11. The van der Waals surface area contributed by atoms with E-state index in [0.717, 1.165) is 17.4 Å². The van der Waals surface area contributed by atoms with Crippen LogP contribution in [0.1, 0.15) is 39.2 Å². The van der Waals surface area contributed by atoms with Gasteiger partial charge in [-0.05, 0) is 77.9 Å². The molecule has 0 aliphatic rings. The summed E-state index contributed by atoms with van der Waals surface area (Å²) in [4.78, 5) is 2.41. The molecule has 0 radical (unpaired) electrons. The molecule has 0 saturated heterocycles. The minimum atomic E-state index is 0.541. The van der Waals surface area contributed by atoms with Crippen LogP contribution in [0.2, 0.25) is 0 Å². The van der Waals surface area contributed by atoms with Gasteiger partial charge in [-0.3, -0.25) is 0 Å². The molecule has 1 aromatic carbocycles. The Labute approximate surface area is 133 Å². The van der Waals surface area contributed by atoms with Crippen molar-refractivity contribution < 1.29 is 0 Å². The van der Waals surface area contributed by atoms with Crippen molar-refractivity contribution in [2.24, 2.45) is 0 Å². The maximum atomic E-state index is 3.62. The van der Waals surface area contributed by atoms with E-state index in [1.165, 1.54) is 24.9 Å². The molecular formula is C17H29BrN2. The second-order valence-electron chi connectivity index (χ2n) is 5.97. The molecule has 0 saturated carbocycles. The number of nitrogens with zero attached hydrogens (tertiary/aromatic N) is 1. The second kappa shape index (κ2) is 9.54. The van der Waals surface area contributed by atoms with Gasteiger partial charge in [-0.2, -0.15) is 0 Å². The standard InChI is InChI=1S/C17H29BrN2/c1-14(2)20(4)12-6-5-11-19-15(3)13-16-7-9-17(18)10-8-16/h7-10,14-15,19H,5-6,11-13H2,1-4H3. The summed E-state index contributed by atoms with van der Waals surface area (Å²) in [6, 6.07) is 9.81. The SMILES string of the molecule is CC(Cc1ccc(Br)cc1)NCCCCN(C)C(C)C. The first kappa shape index (κ1) is 17.7.